The van der Waals surface area contributed by atoms with E-state index >= 15 is 0 Å². The van der Waals surface area contributed by atoms with Gasteiger partial charge in [0.2, 0.25) is 0 Å². The minimum atomic E-state index is -1.39. The standard InChI is InChI=1S/C14H8ClNO5/c15-13-12-8(11(17)10(16-13)14(18)19)6-9(21-12)20-7-4-2-1-3-5-7/h1-6,17H,(H,18,19). The molecule has 3 rings (SSSR count). The third-order valence-corrected chi connectivity index (χ3v) is 3.01. The number of furan rings is 1. The van der Waals surface area contributed by atoms with E-state index < -0.39 is 17.4 Å². The summed E-state index contributed by atoms with van der Waals surface area (Å²) >= 11 is 5.86. The first kappa shape index (κ1) is 13.3. The molecule has 21 heavy (non-hydrogen) atoms. The molecule has 0 amide bonds. The molecule has 0 aliphatic heterocycles. The highest BCUT2D eigenvalue weighted by Gasteiger charge is 2.21. The summed E-state index contributed by atoms with van der Waals surface area (Å²) < 4.78 is 10.8. The number of rotatable bonds is 3. The van der Waals surface area contributed by atoms with Gasteiger partial charge in [0.05, 0.1) is 5.39 Å². The van der Waals surface area contributed by atoms with Crippen molar-refractivity contribution in [2.24, 2.45) is 0 Å². The molecule has 6 nitrogen and oxygen atoms in total. The van der Waals surface area contributed by atoms with Crippen LogP contribution in [0.1, 0.15) is 10.5 Å². The number of aromatic nitrogens is 1. The van der Waals surface area contributed by atoms with Crippen LogP contribution in [0.2, 0.25) is 5.15 Å². The normalized spacial score (nSPS) is 10.7. The Labute approximate surface area is 123 Å². The number of carboxylic acids is 1. The van der Waals surface area contributed by atoms with Crippen LogP contribution in [0.4, 0.5) is 0 Å². The first-order valence-electron chi connectivity index (χ1n) is 5.84. The van der Waals surface area contributed by atoms with Crippen LogP contribution in [-0.4, -0.2) is 21.2 Å². The van der Waals surface area contributed by atoms with Crippen LogP contribution in [0.25, 0.3) is 11.0 Å². The molecule has 0 aliphatic carbocycles. The maximum Gasteiger partial charge on any atom is 0.358 e. The Morgan fingerprint density at radius 3 is 2.67 bits per heavy atom. The average Bonchev–Trinajstić information content (AvgIpc) is 2.88. The topological polar surface area (TPSA) is 92.8 Å². The Bertz CT molecular complexity index is 828. The molecule has 3 aromatic rings. The average molecular weight is 306 g/mol. The van der Waals surface area contributed by atoms with Crippen LogP contribution >= 0.6 is 11.6 Å². The smallest absolute Gasteiger partial charge is 0.358 e. The molecule has 0 aliphatic rings. The number of carboxylic acid groups (broad SMARTS) is 1. The lowest BCUT2D eigenvalue weighted by atomic mass is 10.2. The van der Waals surface area contributed by atoms with Crippen LogP contribution in [0.3, 0.4) is 0 Å². The summed E-state index contributed by atoms with van der Waals surface area (Å²) in [5.41, 5.74) is -0.482. The van der Waals surface area contributed by atoms with Gasteiger partial charge in [0.15, 0.2) is 22.2 Å². The molecule has 0 bridgehead atoms. The summed E-state index contributed by atoms with van der Waals surface area (Å²) in [6.07, 6.45) is 0. The van der Waals surface area contributed by atoms with Crippen molar-refractivity contribution in [3.8, 4) is 17.4 Å². The fourth-order valence-electron chi connectivity index (χ4n) is 1.83. The van der Waals surface area contributed by atoms with E-state index in [2.05, 4.69) is 4.98 Å². The SMILES string of the molecule is O=C(O)c1nc(Cl)c2oc(Oc3ccccc3)cc2c1O. The van der Waals surface area contributed by atoms with Crippen molar-refractivity contribution < 1.29 is 24.2 Å². The van der Waals surface area contributed by atoms with Crippen molar-refractivity contribution in [1.29, 1.82) is 0 Å². The van der Waals surface area contributed by atoms with Crippen LogP contribution in [0.15, 0.2) is 40.8 Å². The Morgan fingerprint density at radius 1 is 1.29 bits per heavy atom. The van der Waals surface area contributed by atoms with E-state index in [1.165, 1.54) is 6.07 Å². The van der Waals surface area contributed by atoms with Gasteiger partial charge >= 0.3 is 5.97 Å². The lowest BCUT2D eigenvalue weighted by molar-refractivity contribution is 0.0687. The van der Waals surface area contributed by atoms with E-state index in [9.17, 15) is 9.90 Å². The molecule has 0 atom stereocenters. The zero-order valence-corrected chi connectivity index (χ0v) is 11.2. The number of nitrogens with zero attached hydrogens (tertiary/aromatic N) is 1. The number of hydrogen-bond donors (Lipinski definition) is 2. The predicted octanol–water partition coefficient (Wildman–Crippen LogP) is 3.68. The highest BCUT2D eigenvalue weighted by atomic mass is 35.5. The highest BCUT2D eigenvalue weighted by molar-refractivity contribution is 6.34. The van der Waals surface area contributed by atoms with Crippen molar-refractivity contribution >= 4 is 28.5 Å². The Kier molecular flexibility index (Phi) is 3.15. The molecule has 2 N–H and O–H groups in total. The van der Waals surface area contributed by atoms with Crippen molar-refractivity contribution in [3.05, 3.63) is 47.2 Å². The van der Waals surface area contributed by atoms with Crippen molar-refractivity contribution in [1.82, 2.24) is 4.98 Å². The van der Waals surface area contributed by atoms with Gasteiger partial charge < -0.3 is 19.4 Å². The number of para-hydroxylation sites is 1. The third kappa shape index (κ3) is 2.36. The first-order valence-corrected chi connectivity index (χ1v) is 6.22. The fourth-order valence-corrected chi connectivity index (χ4v) is 2.06. The molecular formula is C14H8ClNO5. The van der Waals surface area contributed by atoms with E-state index in [4.69, 9.17) is 25.9 Å². The van der Waals surface area contributed by atoms with Gasteiger partial charge in [-0.3, -0.25) is 0 Å². The number of carbonyl (C=O) groups is 1. The molecule has 1 aromatic carbocycles. The van der Waals surface area contributed by atoms with E-state index in [1.54, 1.807) is 24.3 Å². The summed E-state index contributed by atoms with van der Waals surface area (Å²) in [7, 11) is 0. The zero-order valence-electron chi connectivity index (χ0n) is 10.4. The maximum absolute atomic E-state index is 11.0. The number of ether oxygens (including phenoxy) is 1. The van der Waals surface area contributed by atoms with Gasteiger partial charge in [0.25, 0.3) is 5.95 Å². The van der Waals surface area contributed by atoms with Crippen LogP contribution in [-0.2, 0) is 0 Å². The van der Waals surface area contributed by atoms with Gasteiger partial charge in [-0.1, -0.05) is 29.8 Å². The zero-order chi connectivity index (χ0) is 15.0. The molecule has 0 saturated carbocycles. The molecule has 0 saturated heterocycles. The van der Waals surface area contributed by atoms with Gasteiger partial charge in [-0.15, -0.1) is 0 Å². The summed E-state index contributed by atoms with van der Waals surface area (Å²) in [4.78, 5) is 14.6. The van der Waals surface area contributed by atoms with Crippen molar-refractivity contribution in [2.75, 3.05) is 0 Å². The third-order valence-electron chi connectivity index (χ3n) is 2.75. The summed E-state index contributed by atoms with van der Waals surface area (Å²) in [6, 6.07) is 10.2. The summed E-state index contributed by atoms with van der Waals surface area (Å²) in [6.45, 7) is 0. The second-order valence-electron chi connectivity index (χ2n) is 4.13. The van der Waals surface area contributed by atoms with Crippen molar-refractivity contribution in [3.63, 3.8) is 0 Å². The van der Waals surface area contributed by atoms with E-state index in [1.807, 2.05) is 6.07 Å². The molecule has 0 radical (unpaired) electrons. The Balaban J connectivity index is 2.10. The second-order valence-corrected chi connectivity index (χ2v) is 4.49. The lowest BCUT2D eigenvalue weighted by Crippen LogP contribution is -2.00. The monoisotopic (exact) mass is 305 g/mol. The highest BCUT2D eigenvalue weighted by Crippen LogP contribution is 2.38. The van der Waals surface area contributed by atoms with Gasteiger partial charge in [-0.2, -0.15) is 0 Å². The largest absolute Gasteiger partial charge is 0.505 e. The summed E-state index contributed by atoms with van der Waals surface area (Å²) in [5.74, 6) is -1.31. The van der Waals surface area contributed by atoms with Gasteiger partial charge in [-0.05, 0) is 12.1 Å². The number of halogens is 1. The molecule has 0 fully saturated rings. The summed E-state index contributed by atoms with van der Waals surface area (Å²) in [5, 5.41) is 18.8. The quantitative estimate of drug-likeness (QED) is 0.717. The molecule has 0 spiro atoms. The van der Waals surface area contributed by atoms with Gasteiger partial charge in [0, 0.05) is 6.07 Å². The van der Waals surface area contributed by atoms with Gasteiger partial charge in [0.1, 0.15) is 5.75 Å². The predicted molar refractivity (Wildman–Crippen MR) is 74.2 cm³/mol. The second kappa shape index (κ2) is 4.99. The lowest BCUT2D eigenvalue weighted by Gasteiger charge is -2.00. The minimum Gasteiger partial charge on any atom is -0.505 e. The molecular weight excluding hydrogens is 298 g/mol. The number of aromatic hydroxyl groups is 1. The fraction of sp³-hybridized carbons (Fsp3) is 0. The Morgan fingerprint density at radius 2 is 2.00 bits per heavy atom. The van der Waals surface area contributed by atoms with Crippen LogP contribution in [0, 0.1) is 0 Å². The first-order chi connectivity index (χ1) is 10.1. The Hall–Kier alpha value is -2.73. The van der Waals surface area contributed by atoms with Gasteiger partial charge in [-0.25, -0.2) is 9.78 Å². The number of hydrogen-bond acceptors (Lipinski definition) is 5. The molecule has 2 aromatic heterocycles. The number of aromatic carboxylic acids is 1. The molecule has 106 valence electrons. The molecule has 7 heteroatoms. The van der Waals surface area contributed by atoms with Crippen molar-refractivity contribution in [2.45, 2.75) is 0 Å². The van der Waals surface area contributed by atoms with Crippen LogP contribution < -0.4 is 4.74 Å². The van der Waals surface area contributed by atoms with E-state index in [0.717, 1.165) is 0 Å². The number of benzene rings is 1. The molecule has 2 heterocycles. The number of pyridine rings is 1. The van der Waals surface area contributed by atoms with E-state index in [-0.39, 0.29) is 22.1 Å². The van der Waals surface area contributed by atoms with Crippen LogP contribution in [0.5, 0.6) is 17.4 Å². The molecule has 0 unspecified atom stereocenters. The van der Waals surface area contributed by atoms with E-state index in [0.29, 0.717) is 5.75 Å². The maximum atomic E-state index is 11.0. The minimum absolute atomic E-state index is 0.0603. The number of fused-ring (bicyclic) bond motifs is 1.